The molecule has 0 aromatic carbocycles. The molecule has 2 unspecified atom stereocenters. The van der Waals surface area contributed by atoms with Crippen LogP contribution in [0.4, 0.5) is 13.2 Å². The zero-order valence-corrected chi connectivity index (χ0v) is 17.5. The topological polar surface area (TPSA) is 54.4 Å². The highest BCUT2D eigenvalue weighted by atomic mass is 32.2. The summed E-state index contributed by atoms with van der Waals surface area (Å²) in [5.74, 6) is -2.16. The van der Waals surface area contributed by atoms with Crippen molar-refractivity contribution in [1.29, 1.82) is 0 Å². The molecule has 4 aliphatic carbocycles. The van der Waals surface area contributed by atoms with Gasteiger partial charge in [0.1, 0.15) is 17.8 Å². The van der Waals surface area contributed by atoms with Crippen LogP contribution >= 0.6 is 11.8 Å². The van der Waals surface area contributed by atoms with Crippen LogP contribution in [-0.2, 0) is 9.59 Å². The fraction of sp³-hybridized carbons (Fsp3) is 0.727. The minimum Gasteiger partial charge on any atom is -0.396 e. The third-order valence-corrected chi connectivity index (χ3v) is 9.16. The summed E-state index contributed by atoms with van der Waals surface area (Å²) < 4.78 is 44.8. The van der Waals surface area contributed by atoms with Crippen LogP contribution in [0, 0.1) is 34.5 Å². The molecule has 1 N–H and O–H groups in total. The van der Waals surface area contributed by atoms with Crippen LogP contribution in [0.1, 0.15) is 39.5 Å². The van der Waals surface area contributed by atoms with Gasteiger partial charge in [0.2, 0.25) is 0 Å². The smallest absolute Gasteiger partial charge is 0.195 e. The van der Waals surface area contributed by atoms with E-state index < -0.39 is 40.5 Å². The molecule has 0 amide bonds. The lowest BCUT2D eigenvalue weighted by Gasteiger charge is -2.60. The second kappa shape index (κ2) is 6.98. The molecule has 0 radical (unpaired) electrons. The monoisotopic (exact) mass is 428 g/mol. The van der Waals surface area contributed by atoms with E-state index in [-0.39, 0.29) is 47.8 Å². The Balaban J connectivity index is 1.76. The van der Waals surface area contributed by atoms with E-state index in [2.05, 4.69) is 0 Å². The summed E-state index contributed by atoms with van der Waals surface area (Å²) in [6, 6.07) is -0.831. The van der Waals surface area contributed by atoms with Gasteiger partial charge in [-0.25, -0.2) is 13.2 Å². The Hall–Kier alpha value is -1.08. The van der Waals surface area contributed by atoms with Crippen LogP contribution in [0.15, 0.2) is 23.8 Å². The number of hydrogen-bond acceptors (Lipinski definition) is 4. The van der Waals surface area contributed by atoms with Crippen LogP contribution in [0.2, 0.25) is 0 Å². The van der Waals surface area contributed by atoms with Crippen molar-refractivity contribution >= 4 is 22.7 Å². The van der Waals surface area contributed by atoms with Crippen molar-refractivity contribution in [2.24, 2.45) is 34.5 Å². The average molecular weight is 429 g/mol. The summed E-state index contributed by atoms with van der Waals surface area (Å²) in [5, 5.41) is 9.61. The van der Waals surface area contributed by atoms with E-state index in [4.69, 9.17) is 0 Å². The van der Waals surface area contributed by atoms with E-state index in [0.29, 0.717) is 24.6 Å². The highest BCUT2D eigenvalue weighted by molar-refractivity contribution is 8.13. The zero-order chi connectivity index (χ0) is 21.2. The molecular formula is C22H27F3O3S. The van der Waals surface area contributed by atoms with Crippen molar-refractivity contribution in [3.05, 3.63) is 23.8 Å². The highest BCUT2D eigenvalue weighted by Gasteiger charge is 2.70. The van der Waals surface area contributed by atoms with Gasteiger partial charge in [0, 0.05) is 23.9 Å². The Morgan fingerprint density at radius 1 is 1.28 bits per heavy atom. The Morgan fingerprint density at radius 3 is 2.66 bits per heavy atom. The van der Waals surface area contributed by atoms with Crippen LogP contribution in [-0.4, -0.2) is 40.5 Å². The molecule has 4 rings (SSSR count). The van der Waals surface area contributed by atoms with E-state index in [0.717, 1.165) is 0 Å². The summed E-state index contributed by atoms with van der Waals surface area (Å²) in [5.41, 5.74) is -3.31. The number of fused-ring (bicyclic) bond motifs is 5. The number of carbonyl (C=O) groups is 2. The molecule has 0 aliphatic heterocycles. The zero-order valence-electron chi connectivity index (χ0n) is 16.7. The molecule has 4 aliphatic rings. The summed E-state index contributed by atoms with van der Waals surface area (Å²) in [7, 11) is 0. The molecule has 0 heterocycles. The lowest BCUT2D eigenvalue weighted by atomic mass is 9.46. The Kier molecular flexibility index (Phi) is 5.09. The lowest BCUT2D eigenvalue weighted by molar-refractivity contribution is -0.144. The first-order valence-corrected chi connectivity index (χ1v) is 11.2. The molecule has 7 heteroatoms. The van der Waals surface area contributed by atoms with Gasteiger partial charge in [0.25, 0.3) is 0 Å². The van der Waals surface area contributed by atoms with Gasteiger partial charge in [-0.1, -0.05) is 24.8 Å². The summed E-state index contributed by atoms with van der Waals surface area (Å²) in [6.45, 7) is 3.37. The van der Waals surface area contributed by atoms with Crippen molar-refractivity contribution < 1.29 is 27.9 Å². The van der Waals surface area contributed by atoms with Crippen molar-refractivity contribution in [3.63, 3.8) is 0 Å². The maximum atomic E-state index is 16.8. The van der Waals surface area contributed by atoms with Crippen LogP contribution in [0.25, 0.3) is 0 Å². The van der Waals surface area contributed by atoms with Crippen molar-refractivity contribution in [2.45, 2.75) is 51.4 Å². The number of alkyl halides is 3. The lowest BCUT2D eigenvalue weighted by Crippen LogP contribution is -2.62. The Labute approximate surface area is 173 Å². The van der Waals surface area contributed by atoms with Gasteiger partial charge in [0.15, 0.2) is 10.9 Å². The number of aliphatic hydroxyl groups excluding tert-OH is 1. The van der Waals surface area contributed by atoms with Crippen molar-refractivity contribution in [3.8, 4) is 0 Å². The predicted octanol–water partition coefficient (Wildman–Crippen LogP) is 4.36. The standard InChI is InChI=1S/C22H27F3O3S/c1-20-5-6-22(25)15(9-17(24)16-8-13(27)3-4-21(16,22)2)14(20)7-12(10-26)18(20)19(28)29-11-23/h3-4,8,12,14-15,17-18,26H,5-7,9-11H2,1-2H3/t12-,14-,15-,17-,18?,20-,21-,22?/m0/s1. The maximum absolute atomic E-state index is 16.8. The number of thioether (sulfide) groups is 1. The molecule has 0 bridgehead atoms. The van der Waals surface area contributed by atoms with Gasteiger partial charge in [-0.15, -0.1) is 0 Å². The minimum absolute atomic E-state index is 0.0331. The average Bonchev–Trinajstić information content (AvgIpc) is 2.98. The van der Waals surface area contributed by atoms with E-state index in [1.807, 2.05) is 6.92 Å². The van der Waals surface area contributed by atoms with Gasteiger partial charge in [-0.2, -0.15) is 0 Å². The molecule has 3 fully saturated rings. The van der Waals surface area contributed by atoms with E-state index >= 15 is 8.78 Å². The SMILES string of the molecule is C[C@]12C=CC(=O)C=C1[C@@H](F)C[C@H]1[C@@H]3C[C@@H](CO)C(C(=O)SCF)[C@@]3(C)CCC12F. The minimum atomic E-state index is -1.73. The van der Waals surface area contributed by atoms with Crippen LogP contribution < -0.4 is 0 Å². The fourth-order valence-corrected chi connectivity index (χ4v) is 7.79. The predicted molar refractivity (Wildman–Crippen MR) is 105 cm³/mol. The van der Waals surface area contributed by atoms with Gasteiger partial charge in [-0.05, 0) is 67.6 Å². The molecule has 0 aromatic heterocycles. The first kappa shape index (κ1) is 21.2. The molecule has 0 saturated heterocycles. The van der Waals surface area contributed by atoms with Crippen molar-refractivity contribution in [2.75, 3.05) is 12.6 Å². The van der Waals surface area contributed by atoms with E-state index in [1.54, 1.807) is 6.92 Å². The van der Waals surface area contributed by atoms with Gasteiger partial charge in [-0.3, -0.25) is 9.59 Å². The molecular weight excluding hydrogens is 401 g/mol. The molecule has 3 nitrogen and oxygen atoms in total. The number of rotatable bonds is 3. The van der Waals surface area contributed by atoms with Crippen LogP contribution in [0.5, 0.6) is 0 Å². The number of hydrogen-bond donors (Lipinski definition) is 1. The fourth-order valence-electron chi connectivity index (χ4n) is 7.04. The van der Waals surface area contributed by atoms with Gasteiger partial charge in [0.05, 0.1) is 0 Å². The third kappa shape index (κ3) is 2.75. The molecule has 160 valence electrons. The first-order chi connectivity index (χ1) is 13.6. The normalized spacial score (nSPS) is 48.6. The van der Waals surface area contributed by atoms with E-state index in [9.17, 15) is 19.1 Å². The first-order valence-electron chi connectivity index (χ1n) is 10.2. The highest BCUT2D eigenvalue weighted by Crippen LogP contribution is 2.70. The molecule has 29 heavy (non-hydrogen) atoms. The number of allylic oxidation sites excluding steroid dienone is 4. The van der Waals surface area contributed by atoms with Crippen molar-refractivity contribution in [1.82, 2.24) is 0 Å². The number of carbonyl (C=O) groups excluding carboxylic acids is 2. The molecule has 8 atom stereocenters. The van der Waals surface area contributed by atoms with E-state index in [1.165, 1.54) is 18.2 Å². The third-order valence-electron chi connectivity index (χ3n) is 8.51. The Bertz CT molecular complexity index is 798. The summed E-state index contributed by atoms with van der Waals surface area (Å²) >= 11 is 0.606. The second-order valence-electron chi connectivity index (χ2n) is 9.55. The maximum Gasteiger partial charge on any atom is 0.195 e. The summed E-state index contributed by atoms with van der Waals surface area (Å²) in [6.07, 6.45) is 3.61. The summed E-state index contributed by atoms with van der Waals surface area (Å²) in [4.78, 5) is 24.5. The van der Waals surface area contributed by atoms with Gasteiger partial charge >= 0.3 is 0 Å². The number of ketones is 1. The van der Waals surface area contributed by atoms with Crippen LogP contribution in [0.3, 0.4) is 0 Å². The second-order valence-corrected chi connectivity index (χ2v) is 10.5. The molecule has 3 saturated carbocycles. The Morgan fingerprint density at radius 2 is 2.00 bits per heavy atom. The molecule has 0 aromatic rings. The van der Waals surface area contributed by atoms with Gasteiger partial charge < -0.3 is 5.11 Å². The largest absolute Gasteiger partial charge is 0.396 e. The quantitative estimate of drug-likeness (QED) is 0.726. The number of halogens is 3. The molecule has 0 spiro atoms. The number of aliphatic hydroxyl groups is 1.